The van der Waals surface area contributed by atoms with Crippen molar-refractivity contribution in [2.75, 3.05) is 4.90 Å². The van der Waals surface area contributed by atoms with Crippen molar-refractivity contribution >= 4 is 60.8 Å². The van der Waals surface area contributed by atoms with Gasteiger partial charge in [0.1, 0.15) is 11.2 Å². The molecular formula is C60H40N2O. The number of fused-ring (bicyclic) bond motifs is 6. The van der Waals surface area contributed by atoms with Gasteiger partial charge in [0.05, 0.1) is 11.0 Å². The number of benzene rings is 10. The average Bonchev–Trinajstić information content (AvgIpc) is 3.90. The first-order valence-electron chi connectivity index (χ1n) is 21.5. The Bertz CT molecular complexity index is 3560. The molecule has 0 fully saturated rings. The summed E-state index contributed by atoms with van der Waals surface area (Å²) in [6.45, 7) is 0. The van der Waals surface area contributed by atoms with Gasteiger partial charge in [0.25, 0.3) is 0 Å². The Hall–Kier alpha value is -8.40. The number of nitrogens with zero attached hydrogens (tertiary/aromatic N) is 2. The highest BCUT2D eigenvalue weighted by Gasteiger charge is 2.17. The van der Waals surface area contributed by atoms with Gasteiger partial charge in [-0.05, 0) is 123 Å². The summed E-state index contributed by atoms with van der Waals surface area (Å²) < 4.78 is 8.68. The van der Waals surface area contributed by atoms with E-state index in [1.165, 1.54) is 44.1 Å². The van der Waals surface area contributed by atoms with E-state index in [1.54, 1.807) is 0 Å². The largest absolute Gasteiger partial charge is 0.456 e. The summed E-state index contributed by atoms with van der Waals surface area (Å²) in [5.41, 5.74) is 17.9. The number of hydrogen-bond donors (Lipinski definition) is 0. The molecule has 2 heterocycles. The number of aromatic nitrogens is 1. The first-order valence-corrected chi connectivity index (χ1v) is 21.5. The minimum atomic E-state index is 0.897. The molecule has 12 rings (SSSR count). The quantitative estimate of drug-likeness (QED) is 0.153. The molecule has 0 aliphatic heterocycles. The first kappa shape index (κ1) is 36.5. The van der Waals surface area contributed by atoms with Crippen molar-refractivity contribution in [2.45, 2.75) is 0 Å². The minimum Gasteiger partial charge on any atom is -0.456 e. The van der Waals surface area contributed by atoms with Crippen LogP contribution >= 0.6 is 0 Å². The number of hydrogen-bond acceptors (Lipinski definition) is 2. The third-order valence-corrected chi connectivity index (χ3v) is 12.4. The number of para-hydroxylation sites is 3. The van der Waals surface area contributed by atoms with E-state index in [1.807, 2.05) is 12.1 Å². The molecule has 3 heteroatoms. The molecule has 63 heavy (non-hydrogen) atoms. The number of furan rings is 1. The van der Waals surface area contributed by atoms with Gasteiger partial charge >= 0.3 is 0 Å². The second-order valence-electron chi connectivity index (χ2n) is 16.1. The molecule has 10 aromatic carbocycles. The van der Waals surface area contributed by atoms with Gasteiger partial charge in [-0.3, -0.25) is 0 Å². The second kappa shape index (κ2) is 15.3. The highest BCUT2D eigenvalue weighted by Crippen LogP contribution is 2.41. The van der Waals surface area contributed by atoms with Crippen molar-refractivity contribution in [1.29, 1.82) is 0 Å². The van der Waals surface area contributed by atoms with Crippen LogP contribution in [0, 0.1) is 0 Å². The number of rotatable bonds is 8. The summed E-state index contributed by atoms with van der Waals surface area (Å²) in [5.74, 6) is 0. The maximum Gasteiger partial charge on any atom is 0.136 e. The van der Waals surface area contributed by atoms with Crippen molar-refractivity contribution in [3.05, 3.63) is 243 Å². The summed E-state index contributed by atoms with van der Waals surface area (Å²) in [6, 6.07) is 87.1. The lowest BCUT2D eigenvalue weighted by Crippen LogP contribution is -2.10. The molecule has 296 valence electrons. The Morgan fingerprint density at radius 1 is 0.286 bits per heavy atom. The smallest absolute Gasteiger partial charge is 0.136 e. The molecule has 0 bridgehead atoms. The summed E-state index contributed by atoms with van der Waals surface area (Å²) in [5, 5.41) is 4.80. The molecule has 0 aliphatic carbocycles. The maximum absolute atomic E-state index is 6.30. The molecule has 0 amide bonds. The van der Waals surface area contributed by atoms with E-state index in [2.05, 4.69) is 240 Å². The van der Waals surface area contributed by atoms with Crippen LogP contribution in [0.4, 0.5) is 17.1 Å². The van der Waals surface area contributed by atoms with Gasteiger partial charge in [0.15, 0.2) is 0 Å². The van der Waals surface area contributed by atoms with Crippen LogP contribution < -0.4 is 4.90 Å². The molecule has 0 radical (unpaired) electrons. The van der Waals surface area contributed by atoms with Crippen LogP contribution in [0.25, 0.3) is 93.9 Å². The third kappa shape index (κ3) is 6.46. The molecule has 0 saturated heterocycles. The minimum absolute atomic E-state index is 0.897. The van der Waals surface area contributed by atoms with E-state index in [-0.39, 0.29) is 0 Å². The van der Waals surface area contributed by atoms with Gasteiger partial charge in [-0.25, -0.2) is 0 Å². The SMILES string of the molecule is c1ccc(-c2cccc(N(c3ccc(-c4cccc(-n5c6ccccc6c6ccccc65)c4)cc3)c3ccc(-c4ccccc4-c4ccc5c(c4)oc4ccccc45)cc3)c2)cc1. The summed E-state index contributed by atoms with van der Waals surface area (Å²) in [7, 11) is 0. The zero-order valence-electron chi connectivity index (χ0n) is 34.4. The van der Waals surface area contributed by atoms with E-state index < -0.39 is 0 Å². The molecule has 0 spiro atoms. The van der Waals surface area contributed by atoms with Crippen LogP contribution in [0.15, 0.2) is 247 Å². The second-order valence-corrected chi connectivity index (χ2v) is 16.1. The Morgan fingerprint density at radius 3 is 1.51 bits per heavy atom. The topological polar surface area (TPSA) is 21.3 Å². The lowest BCUT2D eigenvalue weighted by Gasteiger charge is -2.26. The average molecular weight is 805 g/mol. The van der Waals surface area contributed by atoms with Crippen molar-refractivity contribution in [3.63, 3.8) is 0 Å². The summed E-state index contributed by atoms with van der Waals surface area (Å²) >= 11 is 0. The van der Waals surface area contributed by atoms with Gasteiger partial charge in [-0.1, -0.05) is 164 Å². The van der Waals surface area contributed by atoms with Crippen LogP contribution in [0.2, 0.25) is 0 Å². The molecule has 0 atom stereocenters. The van der Waals surface area contributed by atoms with Crippen LogP contribution in [0.1, 0.15) is 0 Å². The third-order valence-electron chi connectivity index (χ3n) is 12.4. The Kier molecular flexibility index (Phi) is 8.83. The van der Waals surface area contributed by atoms with Gasteiger partial charge in [-0.15, -0.1) is 0 Å². The fraction of sp³-hybridized carbons (Fsp3) is 0. The van der Waals surface area contributed by atoms with Gasteiger partial charge in [0.2, 0.25) is 0 Å². The van der Waals surface area contributed by atoms with E-state index in [9.17, 15) is 0 Å². The van der Waals surface area contributed by atoms with Gasteiger partial charge in [0, 0.05) is 44.3 Å². The first-order chi connectivity index (χ1) is 31.2. The molecule has 0 unspecified atom stereocenters. The fourth-order valence-corrected chi connectivity index (χ4v) is 9.40. The van der Waals surface area contributed by atoms with Crippen LogP contribution in [0.5, 0.6) is 0 Å². The molecule has 2 aromatic heterocycles. The molecule has 0 saturated carbocycles. The van der Waals surface area contributed by atoms with Crippen LogP contribution in [-0.2, 0) is 0 Å². The zero-order chi connectivity index (χ0) is 41.7. The summed E-state index contributed by atoms with van der Waals surface area (Å²) in [6.07, 6.45) is 0. The lowest BCUT2D eigenvalue weighted by atomic mass is 9.94. The monoisotopic (exact) mass is 804 g/mol. The standard InChI is InChI=1S/C60H40N2O/c1-2-14-41(15-3-1)44-16-12-18-49(38-44)61(47-33-28-42(29-34-47)45-17-13-19-50(39-45)62-57-25-9-6-22-53(57)54-23-7-10-26-58(54)62)48-35-30-43(31-36-48)51-20-4-5-21-52(51)46-32-37-56-55-24-8-11-27-59(55)63-60(56)40-46/h1-40H. The van der Waals surface area contributed by atoms with Crippen LogP contribution in [0.3, 0.4) is 0 Å². The molecule has 3 nitrogen and oxygen atoms in total. The predicted molar refractivity (Wildman–Crippen MR) is 264 cm³/mol. The van der Waals surface area contributed by atoms with Crippen molar-refractivity contribution in [3.8, 4) is 50.2 Å². The van der Waals surface area contributed by atoms with Crippen molar-refractivity contribution in [1.82, 2.24) is 4.57 Å². The normalized spacial score (nSPS) is 11.5. The van der Waals surface area contributed by atoms with E-state index >= 15 is 0 Å². The van der Waals surface area contributed by atoms with Gasteiger partial charge in [-0.2, -0.15) is 0 Å². The molecule has 12 aromatic rings. The lowest BCUT2D eigenvalue weighted by molar-refractivity contribution is 0.669. The highest BCUT2D eigenvalue weighted by molar-refractivity contribution is 6.09. The van der Waals surface area contributed by atoms with E-state index in [0.717, 1.165) is 66.9 Å². The zero-order valence-corrected chi connectivity index (χ0v) is 34.4. The Morgan fingerprint density at radius 2 is 0.794 bits per heavy atom. The molecule has 0 N–H and O–H groups in total. The molecular weight excluding hydrogens is 765 g/mol. The Balaban J connectivity index is 0.918. The predicted octanol–water partition coefficient (Wildman–Crippen LogP) is 16.8. The van der Waals surface area contributed by atoms with Gasteiger partial charge < -0.3 is 13.9 Å². The number of anilines is 3. The maximum atomic E-state index is 6.30. The highest BCUT2D eigenvalue weighted by atomic mass is 16.3. The van der Waals surface area contributed by atoms with E-state index in [0.29, 0.717) is 0 Å². The van der Waals surface area contributed by atoms with Crippen molar-refractivity contribution < 1.29 is 4.42 Å². The summed E-state index contributed by atoms with van der Waals surface area (Å²) in [4.78, 5) is 2.36. The van der Waals surface area contributed by atoms with Crippen molar-refractivity contribution in [2.24, 2.45) is 0 Å². The van der Waals surface area contributed by atoms with Crippen LogP contribution in [-0.4, -0.2) is 4.57 Å². The Labute approximate surface area is 366 Å². The van der Waals surface area contributed by atoms with E-state index in [4.69, 9.17) is 4.42 Å². The fourth-order valence-electron chi connectivity index (χ4n) is 9.40. The molecule has 0 aliphatic rings.